The third-order valence-corrected chi connectivity index (χ3v) is 7.06. The van der Waals surface area contributed by atoms with E-state index in [4.69, 9.17) is 0 Å². The lowest BCUT2D eigenvalue weighted by Gasteiger charge is -2.15. The second kappa shape index (κ2) is 7.44. The van der Waals surface area contributed by atoms with Crippen molar-refractivity contribution in [1.29, 1.82) is 0 Å². The number of hydrogen-bond acceptors (Lipinski definition) is 4. The molecule has 0 saturated heterocycles. The molecule has 2 N–H and O–H groups in total. The van der Waals surface area contributed by atoms with Gasteiger partial charge in [-0.15, -0.1) is 0 Å². The van der Waals surface area contributed by atoms with Gasteiger partial charge >= 0.3 is 0 Å². The number of carbonyl (C=O) groups is 1. The van der Waals surface area contributed by atoms with Crippen molar-refractivity contribution >= 4 is 22.4 Å². The molecule has 0 atom stereocenters. The molecule has 2 bridgehead atoms. The van der Waals surface area contributed by atoms with Crippen LogP contribution in [0, 0.1) is 11.8 Å². The minimum atomic E-state index is -0.209. The van der Waals surface area contributed by atoms with Crippen molar-refractivity contribution in [2.24, 2.45) is 11.8 Å². The van der Waals surface area contributed by atoms with Crippen molar-refractivity contribution in [3.8, 4) is 11.3 Å². The highest BCUT2D eigenvalue weighted by Crippen LogP contribution is 2.51. The normalized spacial score (nSPS) is 21.8. The highest BCUT2D eigenvalue weighted by atomic mass is 16.1. The van der Waals surface area contributed by atoms with Crippen LogP contribution in [0.4, 0.5) is 5.69 Å². The van der Waals surface area contributed by atoms with Crippen molar-refractivity contribution in [3.63, 3.8) is 0 Å². The number of fused-ring (bicyclic) bond motifs is 3. The van der Waals surface area contributed by atoms with Gasteiger partial charge in [-0.25, -0.2) is 5.10 Å². The molecule has 2 saturated carbocycles. The summed E-state index contributed by atoms with van der Waals surface area (Å²) in [4.78, 5) is 24.8. The third kappa shape index (κ3) is 3.12. The number of rotatable bonds is 4. The van der Waals surface area contributed by atoms with Crippen LogP contribution in [-0.2, 0) is 0 Å². The van der Waals surface area contributed by atoms with Gasteiger partial charge in [0.2, 0.25) is 0 Å². The summed E-state index contributed by atoms with van der Waals surface area (Å²) >= 11 is 0. The molecule has 7 nitrogen and oxygen atoms in total. The lowest BCUT2D eigenvalue weighted by atomic mass is 10.0. The molecule has 1 amide bonds. The maximum absolute atomic E-state index is 12.8. The van der Waals surface area contributed by atoms with Gasteiger partial charge in [-0.2, -0.15) is 10.2 Å². The second-order valence-corrected chi connectivity index (χ2v) is 8.85. The van der Waals surface area contributed by atoms with Crippen molar-refractivity contribution in [1.82, 2.24) is 20.0 Å². The molecule has 2 aromatic carbocycles. The summed E-state index contributed by atoms with van der Waals surface area (Å²) in [5.41, 5.74) is 2.62. The molecule has 0 radical (unpaired) electrons. The first-order valence-corrected chi connectivity index (χ1v) is 11.1. The van der Waals surface area contributed by atoms with E-state index in [1.54, 1.807) is 12.3 Å². The number of hydrogen-bond donors (Lipinski definition) is 2. The third-order valence-electron chi connectivity index (χ3n) is 7.06. The molecule has 0 aliphatic heterocycles. The Morgan fingerprint density at radius 3 is 2.38 bits per heavy atom. The molecule has 0 unspecified atom stereocenters. The highest BCUT2D eigenvalue weighted by molar-refractivity contribution is 6.04. The van der Waals surface area contributed by atoms with Gasteiger partial charge in [0.1, 0.15) is 0 Å². The summed E-state index contributed by atoms with van der Waals surface area (Å²) in [6.07, 6.45) is 8.68. The van der Waals surface area contributed by atoms with Gasteiger partial charge in [-0.3, -0.25) is 14.3 Å². The van der Waals surface area contributed by atoms with Crippen LogP contribution in [0.15, 0.2) is 65.7 Å². The highest BCUT2D eigenvalue weighted by Gasteiger charge is 2.43. The fraction of sp³-hybridized carbons (Fsp3) is 0.280. The molecular formula is C25H23N5O2. The summed E-state index contributed by atoms with van der Waals surface area (Å²) in [6, 6.07) is 15.3. The number of nitrogens with zero attached hydrogens (tertiary/aromatic N) is 3. The molecule has 2 aliphatic rings. The average Bonchev–Trinajstić information content (AvgIpc) is 3.56. The van der Waals surface area contributed by atoms with Gasteiger partial charge in [0, 0.05) is 22.8 Å². The standard InChI is InChI=1S/C25H23N5O2/c31-24(18-13-26-30(14-18)23-16-5-6-17(23)8-7-16)27-19-11-9-15(10-12-19)22-20-3-1-2-4-21(20)25(32)29-28-22/h1-4,9-14,16-17,23H,5-8H2,(H,27,31)(H,29,32). The first-order chi connectivity index (χ1) is 15.7. The molecule has 160 valence electrons. The maximum Gasteiger partial charge on any atom is 0.272 e. The molecule has 6 rings (SSSR count). The predicted octanol–water partition coefficient (Wildman–Crippen LogP) is 4.40. The Kier molecular flexibility index (Phi) is 4.41. The molecule has 2 aromatic heterocycles. The Morgan fingerprint density at radius 1 is 0.969 bits per heavy atom. The number of aromatic nitrogens is 4. The van der Waals surface area contributed by atoms with E-state index in [9.17, 15) is 9.59 Å². The van der Waals surface area contributed by atoms with Crippen molar-refractivity contribution in [3.05, 3.63) is 76.8 Å². The van der Waals surface area contributed by atoms with Gasteiger partial charge in [0.15, 0.2) is 0 Å². The van der Waals surface area contributed by atoms with E-state index in [1.807, 2.05) is 53.3 Å². The molecule has 32 heavy (non-hydrogen) atoms. The molecule has 4 aromatic rings. The largest absolute Gasteiger partial charge is 0.322 e. The van der Waals surface area contributed by atoms with Gasteiger partial charge in [-0.05, 0) is 55.7 Å². The number of aromatic amines is 1. The summed E-state index contributed by atoms with van der Waals surface area (Å²) in [6.45, 7) is 0. The minimum Gasteiger partial charge on any atom is -0.322 e. The maximum atomic E-state index is 12.8. The smallest absolute Gasteiger partial charge is 0.272 e. The fourth-order valence-electron chi connectivity index (χ4n) is 5.51. The second-order valence-electron chi connectivity index (χ2n) is 8.85. The average molecular weight is 425 g/mol. The van der Waals surface area contributed by atoms with Crippen LogP contribution < -0.4 is 10.9 Å². The van der Waals surface area contributed by atoms with Gasteiger partial charge < -0.3 is 5.32 Å². The van der Waals surface area contributed by atoms with Crippen LogP contribution in [0.2, 0.25) is 0 Å². The van der Waals surface area contributed by atoms with Crippen molar-refractivity contribution in [2.75, 3.05) is 5.32 Å². The van der Waals surface area contributed by atoms with E-state index in [0.29, 0.717) is 40.2 Å². The SMILES string of the molecule is O=C(Nc1ccc(-c2n[nH]c(=O)c3ccccc23)cc1)c1cnn(C2C3CCC2CC3)c1. The van der Waals surface area contributed by atoms with E-state index in [2.05, 4.69) is 20.6 Å². The molecule has 2 heterocycles. The Morgan fingerprint density at radius 2 is 1.66 bits per heavy atom. The monoisotopic (exact) mass is 425 g/mol. The van der Waals surface area contributed by atoms with Gasteiger partial charge in [0.05, 0.1) is 28.9 Å². The summed E-state index contributed by atoms with van der Waals surface area (Å²) in [5, 5.41) is 15.7. The number of nitrogens with one attached hydrogen (secondary N) is 2. The van der Waals surface area contributed by atoms with Gasteiger partial charge in [0.25, 0.3) is 11.5 Å². The van der Waals surface area contributed by atoms with Crippen LogP contribution in [-0.4, -0.2) is 25.9 Å². The van der Waals surface area contributed by atoms with Gasteiger partial charge in [-0.1, -0.05) is 30.3 Å². The van der Waals surface area contributed by atoms with Crippen molar-refractivity contribution < 1.29 is 4.79 Å². The lowest BCUT2D eigenvalue weighted by Crippen LogP contribution is -2.15. The van der Waals surface area contributed by atoms with E-state index in [0.717, 1.165) is 10.9 Å². The van der Waals surface area contributed by atoms with E-state index >= 15 is 0 Å². The molecule has 7 heteroatoms. The molecule has 2 fully saturated rings. The Labute approximate surface area is 184 Å². The first-order valence-electron chi connectivity index (χ1n) is 11.1. The Hall–Kier alpha value is -3.74. The summed E-state index contributed by atoms with van der Waals surface area (Å²) < 4.78 is 2.01. The van der Waals surface area contributed by atoms with Crippen molar-refractivity contribution in [2.45, 2.75) is 31.7 Å². The predicted molar refractivity (Wildman–Crippen MR) is 122 cm³/mol. The zero-order chi connectivity index (χ0) is 21.7. The van der Waals surface area contributed by atoms with Crippen LogP contribution in [0.1, 0.15) is 42.1 Å². The molecule has 2 aliphatic carbocycles. The molecule has 0 spiro atoms. The lowest BCUT2D eigenvalue weighted by molar-refractivity contribution is 0.102. The number of benzene rings is 2. The van der Waals surface area contributed by atoms with Crippen LogP contribution in [0.3, 0.4) is 0 Å². The van der Waals surface area contributed by atoms with E-state index in [-0.39, 0.29) is 11.5 Å². The zero-order valence-corrected chi connectivity index (χ0v) is 17.5. The van der Waals surface area contributed by atoms with E-state index < -0.39 is 0 Å². The number of carbonyl (C=O) groups excluding carboxylic acids is 1. The Balaban J connectivity index is 1.21. The molecular weight excluding hydrogens is 402 g/mol. The summed E-state index contributed by atoms with van der Waals surface area (Å²) in [7, 11) is 0. The van der Waals surface area contributed by atoms with Crippen LogP contribution in [0.25, 0.3) is 22.0 Å². The number of anilines is 1. The topological polar surface area (TPSA) is 92.7 Å². The van der Waals surface area contributed by atoms with Crippen LogP contribution in [0.5, 0.6) is 0 Å². The van der Waals surface area contributed by atoms with Crippen LogP contribution >= 0.6 is 0 Å². The quantitative estimate of drug-likeness (QED) is 0.507. The zero-order valence-electron chi connectivity index (χ0n) is 17.5. The Bertz CT molecular complexity index is 1350. The first kappa shape index (κ1) is 19.0. The minimum absolute atomic E-state index is 0.165. The fourth-order valence-corrected chi connectivity index (χ4v) is 5.51. The number of H-pyrrole nitrogens is 1. The number of amides is 1. The summed E-state index contributed by atoms with van der Waals surface area (Å²) in [5.74, 6) is 1.25. The van der Waals surface area contributed by atoms with E-state index in [1.165, 1.54) is 25.7 Å².